The first-order chi connectivity index (χ1) is 12.6. The molecule has 0 fully saturated rings. The Hall–Kier alpha value is -3.06. The van der Waals surface area contributed by atoms with E-state index in [1.54, 1.807) is 48.5 Å². The number of aromatic nitrogens is 2. The molecule has 1 heterocycles. The zero-order valence-electron chi connectivity index (χ0n) is 14.0. The van der Waals surface area contributed by atoms with Crippen molar-refractivity contribution in [3.63, 3.8) is 0 Å². The van der Waals surface area contributed by atoms with Gasteiger partial charge in [0.2, 0.25) is 5.95 Å². The number of hydrogen-bond donors (Lipinski definition) is 2. The largest absolute Gasteiger partial charge is 0.482 e. The first-order valence-corrected chi connectivity index (χ1v) is 8.39. The van der Waals surface area contributed by atoms with Gasteiger partial charge in [-0.3, -0.25) is 25.0 Å². The molecular weight excluding hydrogens is 356 g/mol. The van der Waals surface area contributed by atoms with Crippen LogP contribution in [0.5, 0.6) is 5.75 Å². The molecule has 8 heteroatoms. The first kappa shape index (κ1) is 17.8. The third kappa shape index (κ3) is 3.78. The van der Waals surface area contributed by atoms with Crippen molar-refractivity contribution in [2.24, 2.45) is 0 Å². The van der Waals surface area contributed by atoms with Gasteiger partial charge in [0.1, 0.15) is 5.75 Å². The lowest BCUT2D eigenvalue weighted by atomic mass is 10.2. The third-order valence-corrected chi connectivity index (χ3v) is 4.00. The highest BCUT2D eigenvalue weighted by molar-refractivity contribution is 6.32. The number of ether oxygens (including phenoxy) is 1. The second-order valence-electron chi connectivity index (χ2n) is 5.39. The number of halogens is 1. The average Bonchev–Trinajstić information content (AvgIpc) is 2.66. The lowest BCUT2D eigenvalue weighted by molar-refractivity contribution is -0.122. The van der Waals surface area contributed by atoms with Gasteiger partial charge in [-0.15, -0.1) is 0 Å². The monoisotopic (exact) mass is 372 g/mol. The average molecular weight is 373 g/mol. The number of rotatable bonds is 6. The molecule has 26 heavy (non-hydrogen) atoms. The number of carbonyl (C=O) groups is 1. The number of fused-ring (bicyclic) bond motifs is 1. The van der Waals surface area contributed by atoms with Gasteiger partial charge in [-0.1, -0.05) is 35.9 Å². The second-order valence-corrected chi connectivity index (χ2v) is 5.80. The maximum atomic E-state index is 12.5. The summed E-state index contributed by atoms with van der Waals surface area (Å²) >= 11 is 5.97. The lowest BCUT2D eigenvalue weighted by Gasteiger charge is -2.14. The number of hydrazine groups is 1. The SMILES string of the molecule is CCn1c(NNC(=O)COc2ccccc2Cl)nc2ccccc2c1=O. The van der Waals surface area contributed by atoms with Gasteiger partial charge in [-0.25, -0.2) is 4.98 Å². The first-order valence-electron chi connectivity index (χ1n) is 8.02. The number of amides is 1. The molecule has 0 bridgehead atoms. The van der Waals surface area contributed by atoms with E-state index in [0.717, 1.165) is 0 Å². The lowest BCUT2D eigenvalue weighted by Crippen LogP contribution is -2.37. The fourth-order valence-electron chi connectivity index (χ4n) is 2.42. The molecule has 0 aliphatic carbocycles. The minimum atomic E-state index is -0.435. The maximum absolute atomic E-state index is 12.5. The van der Waals surface area contributed by atoms with Crippen molar-refractivity contribution in [2.75, 3.05) is 12.0 Å². The maximum Gasteiger partial charge on any atom is 0.276 e. The number of nitrogens with one attached hydrogen (secondary N) is 2. The van der Waals surface area contributed by atoms with E-state index in [4.69, 9.17) is 16.3 Å². The summed E-state index contributed by atoms with van der Waals surface area (Å²) in [6, 6.07) is 13.9. The van der Waals surface area contributed by atoms with Gasteiger partial charge < -0.3 is 4.74 Å². The summed E-state index contributed by atoms with van der Waals surface area (Å²) in [5.74, 6) is 0.232. The summed E-state index contributed by atoms with van der Waals surface area (Å²) in [5.41, 5.74) is 5.53. The summed E-state index contributed by atoms with van der Waals surface area (Å²) in [7, 11) is 0. The Balaban J connectivity index is 1.70. The number of benzene rings is 2. The van der Waals surface area contributed by atoms with Gasteiger partial charge in [-0.05, 0) is 31.2 Å². The predicted octanol–water partition coefficient (Wildman–Crippen LogP) is 2.59. The Bertz CT molecular complexity index is 1000. The molecule has 3 aromatic rings. The molecule has 0 atom stereocenters. The van der Waals surface area contributed by atoms with E-state index in [1.807, 2.05) is 6.92 Å². The summed E-state index contributed by atoms with van der Waals surface area (Å²) in [5, 5.41) is 0.942. The summed E-state index contributed by atoms with van der Waals surface area (Å²) in [6.07, 6.45) is 0. The van der Waals surface area contributed by atoms with E-state index < -0.39 is 5.91 Å². The van der Waals surface area contributed by atoms with Crippen molar-refractivity contribution < 1.29 is 9.53 Å². The van der Waals surface area contributed by atoms with Crippen LogP contribution in [0, 0.1) is 0 Å². The molecule has 0 aliphatic rings. The zero-order valence-corrected chi connectivity index (χ0v) is 14.8. The second kappa shape index (κ2) is 7.88. The Morgan fingerprint density at radius 2 is 1.92 bits per heavy atom. The topological polar surface area (TPSA) is 85.2 Å². The summed E-state index contributed by atoms with van der Waals surface area (Å²) < 4.78 is 6.81. The fourth-order valence-corrected chi connectivity index (χ4v) is 2.61. The Morgan fingerprint density at radius 3 is 2.69 bits per heavy atom. The molecule has 0 saturated heterocycles. The van der Waals surface area contributed by atoms with Crippen LogP contribution in [0.15, 0.2) is 53.3 Å². The van der Waals surface area contributed by atoms with E-state index in [9.17, 15) is 9.59 Å². The molecule has 134 valence electrons. The normalized spacial score (nSPS) is 10.5. The van der Waals surface area contributed by atoms with Crippen LogP contribution in [-0.4, -0.2) is 22.1 Å². The van der Waals surface area contributed by atoms with Crippen molar-refractivity contribution in [1.29, 1.82) is 0 Å². The molecule has 0 unspecified atom stereocenters. The standard InChI is InChI=1S/C18H17ClN4O3/c1-2-23-17(25)12-7-3-5-9-14(12)20-18(23)22-21-16(24)11-26-15-10-6-4-8-13(15)19/h3-10H,2,11H2,1H3,(H,20,22)(H,21,24). The number of carbonyl (C=O) groups excluding carboxylic acids is 1. The van der Waals surface area contributed by atoms with E-state index >= 15 is 0 Å². The highest BCUT2D eigenvalue weighted by atomic mass is 35.5. The van der Waals surface area contributed by atoms with Crippen molar-refractivity contribution in [1.82, 2.24) is 15.0 Å². The van der Waals surface area contributed by atoms with Crippen LogP contribution >= 0.6 is 11.6 Å². The van der Waals surface area contributed by atoms with Gasteiger partial charge in [0.15, 0.2) is 6.61 Å². The van der Waals surface area contributed by atoms with Crippen LogP contribution in [0.2, 0.25) is 5.02 Å². The zero-order chi connectivity index (χ0) is 18.5. The van der Waals surface area contributed by atoms with E-state index in [1.165, 1.54) is 4.57 Å². The van der Waals surface area contributed by atoms with Crippen molar-refractivity contribution in [2.45, 2.75) is 13.5 Å². The van der Waals surface area contributed by atoms with E-state index in [0.29, 0.717) is 28.2 Å². The molecule has 0 saturated carbocycles. The summed E-state index contributed by atoms with van der Waals surface area (Å²) in [4.78, 5) is 28.9. The number of para-hydroxylation sites is 2. The molecule has 3 rings (SSSR count). The smallest absolute Gasteiger partial charge is 0.276 e. The minimum Gasteiger partial charge on any atom is -0.482 e. The van der Waals surface area contributed by atoms with Crippen LogP contribution in [0.4, 0.5) is 5.95 Å². The van der Waals surface area contributed by atoms with Gasteiger partial charge in [0.25, 0.3) is 11.5 Å². The van der Waals surface area contributed by atoms with Crippen molar-refractivity contribution >= 4 is 34.4 Å². The highest BCUT2D eigenvalue weighted by Crippen LogP contribution is 2.22. The summed E-state index contributed by atoms with van der Waals surface area (Å²) in [6.45, 7) is 2.00. The Kier molecular flexibility index (Phi) is 5.38. The van der Waals surface area contributed by atoms with Crippen LogP contribution in [0.25, 0.3) is 10.9 Å². The van der Waals surface area contributed by atoms with E-state index in [-0.39, 0.29) is 18.1 Å². The molecule has 1 aromatic heterocycles. The van der Waals surface area contributed by atoms with E-state index in [2.05, 4.69) is 15.8 Å². The third-order valence-electron chi connectivity index (χ3n) is 3.69. The number of anilines is 1. The minimum absolute atomic E-state index is 0.179. The molecular formula is C18H17ClN4O3. The van der Waals surface area contributed by atoms with Crippen LogP contribution in [-0.2, 0) is 11.3 Å². The van der Waals surface area contributed by atoms with Crippen LogP contribution in [0.3, 0.4) is 0 Å². The predicted molar refractivity (Wildman–Crippen MR) is 100 cm³/mol. The van der Waals surface area contributed by atoms with Gasteiger partial charge in [0.05, 0.1) is 15.9 Å². The molecule has 0 radical (unpaired) electrons. The van der Waals surface area contributed by atoms with Crippen LogP contribution in [0.1, 0.15) is 6.92 Å². The van der Waals surface area contributed by atoms with Gasteiger partial charge >= 0.3 is 0 Å². The molecule has 2 N–H and O–H groups in total. The molecule has 1 amide bonds. The quantitative estimate of drug-likeness (QED) is 0.650. The Labute approximate surface area is 154 Å². The van der Waals surface area contributed by atoms with Gasteiger partial charge in [-0.2, -0.15) is 0 Å². The molecule has 7 nitrogen and oxygen atoms in total. The number of nitrogens with zero attached hydrogens (tertiary/aromatic N) is 2. The Morgan fingerprint density at radius 1 is 1.19 bits per heavy atom. The number of hydrogen-bond acceptors (Lipinski definition) is 5. The fraction of sp³-hybridized carbons (Fsp3) is 0.167. The van der Waals surface area contributed by atoms with Gasteiger partial charge in [0, 0.05) is 6.54 Å². The van der Waals surface area contributed by atoms with Crippen molar-refractivity contribution in [3.05, 3.63) is 63.9 Å². The highest BCUT2D eigenvalue weighted by Gasteiger charge is 2.11. The molecule has 0 aliphatic heterocycles. The van der Waals surface area contributed by atoms with Crippen LogP contribution < -0.4 is 21.1 Å². The molecule has 0 spiro atoms. The van der Waals surface area contributed by atoms with Crippen molar-refractivity contribution in [3.8, 4) is 5.75 Å². The molecule has 2 aromatic carbocycles.